The maximum Gasteiger partial charge on any atom is 0.143 e. The van der Waals surface area contributed by atoms with Crippen LogP contribution >= 0.6 is 0 Å². The second kappa shape index (κ2) is 5.51. The van der Waals surface area contributed by atoms with Gasteiger partial charge in [-0.2, -0.15) is 0 Å². The van der Waals surface area contributed by atoms with Crippen LogP contribution in [0.2, 0.25) is 0 Å². The van der Waals surface area contributed by atoms with Crippen molar-refractivity contribution in [1.29, 1.82) is 0 Å². The molecule has 2 rings (SSSR count). The van der Waals surface area contributed by atoms with E-state index in [-0.39, 0.29) is 0 Å². The van der Waals surface area contributed by atoms with Gasteiger partial charge >= 0.3 is 0 Å². The van der Waals surface area contributed by atoms with E-state index in [1.54, 1.807) is 18.3 Å². The Balaban J connectivity index is 2.28. The number of benzene rings is 1. The molecule has 0 spiro atoms. The summed E-state index contributed by atoms with van der Waals surface area (Å²) >= 11 is 0. The van der Waals surface area contributed by atoms with Gasteiger partial charge in [-0.3, -0.25) is 0 Å². The maximum absolute atomic E-state index is 5.88. The molecular weight excluding hydrogens is 226 g/mol. The SMILES string of the molecule is CC(C)c1ccccc1Oc1ccnc(NN)c1. The summed E-state index contributed by atoms with van der Waals surface area (Å²) in [6.07, 6.45) is 1.66. The van der Waals surface area contributed by atoms with Crippen LogP contribution in [-0.4, -0.2) is 4.98 Å². The van der Waals surface area contributed by atoms with Crippen LogP contribution in [0, 0.1) is 0 Å². The molecule has 0 fully saturated rings. The van der Waals surface area contributed by atoms with E-state index in [2.05, 4.69) is 30.3 Å². The minimum Gasteiger partial charge on any atom is -0.457 e. The van der Waals surface area contributed by atoms with Crippen LogP contribution in [0.3, 0.4) is 0 Å². The number of para-hydroxylation sites is 1. The van der Waals surface area contributed by atoms with Crippen LogP contribution < -0.4 is 16.0 Å². The summed E-state index contributed by atoms with van der Waals surface area (Å²) in [5.74, 6) is 7.89. The second-order valence-corrected chi connectivity index (χ2v) is 4.32. The van der Waals surface area contributed by atoms with E-state index in [0.717, 1.165) is 5.75 Å². The van der Waals surface area contributed by atoms with Crippen molar-refractivity contribution < 1.29 is 4.74 Å². The summed E-state index contributed by atoms with van der Waals surface area (Å²) in [6.45, 7) is 4.28. The van der Waals surface area contributed by atoms with Gasteiger partial charge < -0.3 is 10.2 Å². The Morgan fingerprint density at radius 3 is 2.72 bits per heavy atom. The molecule has 0 amide bonds. The fourth-order valence-corrected chi connectivity index (χ4v) is 1.73. The second-order valence-electron chi connectivity index (χ2n) is 4.32. The third kappa shape index (κ3) is 2.78. The first-order valence-electron chi connectivity index (χ1n) is 5.90. The number of aromatic nitrogens is 1. The van der Waals surface area contributed by atoms with Crippen LogP contribution in [0.25, 0.3) is 0 Å². The topological polar surface area (TPSA) is 60.2 Å². The van der Waals surface area contributed by atoms with Crippen molar-refractivity contribution in [2.45, 2.75) is 19.8 Å². The van der Waals surface area contributed by atoms with Crippen molar-refractivity contribution in [3.63, 3.8) is 0 Å². The quantitative estimate of drug-likeness (QED) is 0.639. The largest absolute Gasteiger partial charge is 0.457 e. The van der Waals surface area contributed by atoms with Crippen molar-refractivity contribution in [3.05, 3.63) is 48.2 Å². The molecule has 0 aliphatic carbocycles. The maximum atomic E-state index is 5.88. The Bertz CT molecular complexity index is 526. The molecule has 0 saturated heterocycles. The molecule has 1 aromatic heterocycles. The average molecular weight is 243 g/mol. The lowest BCUT2D eigenvalue weighted by atomic mass is 10.0. The lowest BCUT2D eigenvalue weighted by Gasteiger charge is -2.13. The van der Waals surface area contributed by atoms with E-state index in [0.29, 0.717) is 17.5 Å². The molecule has 0 aliphatic rings. The number of nitrogens with one attached hydrogen (secondary N) is 1. The molecule has 18 heavy (non-hydrogen) atoms. The van der Waals surface area contributed by atoms with Gasteiger partial charge in [-0.25, -0.2) is 10.8 Å². The molecule has 1 heterocycles. The van der Waals surface area contributed by atoms with Crippen molar-refractivity contribution >= 4 is 5.82 Å². The number of ether oxygens (including phenoxy) is 1. The minimum absolute atomic E-state index is 0.412. The molecule has 4 heteroatoms. The van der Waals surface area contributed by atoms with Gasteiger partial charge in [0.2, 0.25) is 0 Å². The number of hydrogen-bond acceptors (Lipinski definition) is 4. The molecule has 4 nitrogen and oxygen atoms in total. The number of anilines is 1. The molecule has 0 saturated carbocycles. The summed E-state index contributed by atoms with van der Waals surface area (Å²) in [4.78, 5) is 4.04. The molecule has 0 radical (unpaired) electrons. The lowest BCUT2D eigenvalue weighted by molar-refractivity contribution is 0.472. The Hall–Kier alpha value is -2.07. The molecule has 0 atom stereocenters. The summed E-state index contributed by atoms with van der Waals surface area (Å²) in [5, 5.41) is 0. The van der Waals surface area contributed by atoms with E-state index in [1.807, 2.05) is 18.2 Å². The number of nitrogens with zero attached hydrogens (tertiary/aromatic N) is 1. The summed E-state index contributed by atoms with van der Waals surface area (Å²) in [7, 11) is 0. The van der Waals surface area contributed by atoms with E-state index in [1.165, 1.54) is 5.56 Å². The molecule has 3 N–H and O–H groups in total. The number of rotatable bonds is 4. The summed E-state index contributed by atoms with van der Waals surface area (Å²) in [6, 6.07) is 11.6. The lowest BCUT2D eigenvalue weighted by Crippen LogP contribution is -2.08. The monoisotopic (exact) mass is 243 g/mol. The number of nitrogens with two attached hydrogens (primary N) is 1. The van der Waals surface area contributed by atoms with Gasteiger partial charge in [-0.15, -0.1) is 0 Å². The predicted octanol–water partition coefficient (Wildman–Crippen LogP) is 3.28. The van der Waals surface area contributed by atoms with Gasteiger partial charge in [0, 0.05) is 12.3 Å². The number of pyridine rings is 1. The highest BCUT2D eigenvalue weighted by atomic mass is 16.5. The van der Waals surface area contributed by atoms with Crippen LogP contribution in [0.4, 0.5) is 5.82 Å². The molecule has 0 aliphatic heterocycles. The highest BCUT2D eigenvalue weighted by Gasteiger charge is 2.08. The van der Waals surface area contributed by atoms with E-state index < -0.39 is 0 Å². The molecule has 94 valence electrons. The third-order valence-corrected chi connectivity index (χ3v) is 2.65. The highest BCUT2D eigenvalue weighted by Crippen LogP contribution is 2.30. The van der Waals surface area contributed by atoms with Crippen molar-refractivity contribution in [3.8, 4) is 11.5 Å². The summed E-state index contributed by atoms with van der Waals surface area (Å²) in [5.41, 5.74) is 3.68. The van der Waals surface area contributed by atoms with Crippen LogP contribution in [-0.2, 0) is 0 Å². The first-order valence-corrected chi connectivity index (χ1v) is 5.90. The third-order valence-electron chi connectivity index (χ3n) is 2.65. The Labute approximate surface area is 107 Å². The van der Waals surface area contributed by atoms with Gasteiger partial charge in [0.05, 0.1) is 0 Å². The predicted molar refractivity (Wildman–Crippen MR) is 72.7 cm³/mol. The normalized spacial score (nSPS) is 10.4. The van der Waals surface area contributed by atoms with Gasteiger partial charge in [0.1, 0.15) is 17.3 Å². The van der Waals surface area contributed by atoms with Crippen LogP contribution in [0.15, 0.2) is 42.6 Å². The van der Waals surface area contributed by atoms with Crippen molar-refractivity contribution in [2.75, 3.05) is 5.43 Å². The molecule has 1 aromatic carbocycles. The van der Waals surface area contributed by atoms with Crippen LogP contribution in [0.1, 0.15) is 25.3 Å². The zero-order chi connectivity index (χ0) is 13.0. The molecule has 0 bridgehead atoms. The molecular formula is C14H17N3O. The fourth-order valence-electron chi connectivity index (χ4n) is 1.73. The smallest absolute Gasteiger partial charge is 0.143 e. The fraction of sp³-hybridized carbons (Fsp3) is 0.214. The van der Waals surface area contributed by atoms with Crippen molar-refractivity contribution in [2.24, 2.45) is 5.84 Å². The Morgan fingerprint density at radius 1 is 1.22 bits per heavy atom. The zero-order valence-electron chi connectivity index (χ0n) is 10.6. The molecule has 0 unspecified atom stereocenters. The van der Waals surface area contributed by atoms with E-state index >= 15 is 0 Å². The van der Waals surface area contributed by atoms with Gasteiger partial charge in [0.25, 0.3) is 0 Å². The standard InChI is InChI=1S/C14H17N3O/c1-10(2)12-5-3-4-6-13(12)18-11-7-8-16-14(9-11)17-15/h3-10H,15H2,1-2H3,(H,16,17). The van der Waals surface area contributed by atoms with Crippen LogP contribution in [0.5, 0.6) is 11.5 Å². The summed E-state index contributed by atoms with van der Waals surface area (Å²) < 4.78 is 5.88. The first-order chi connectivity index (χ1) is 8.70. The van der Waals surface area contributed by atoms with Crippen molar-refractivity contribution in [1.82, 2.24) is 4.98 Å². The average Bonchev–Trinajstić information content (AvgIpc) is 2.39. The van der Waals surface area contributed by atoms with Gasteiger partial charge in [0.15, 0.2) is 0 Å². The highest BCUT2D eigenvalue weighted by molar-refractivity contribution is 5.43. The van der Waals surface area contributed by atoms with E-state index in [4.69, 9.17) is 10.6 Å². The number of hydrazine groups is 1. The Kier molecular flexibility index (Phi) is 3.79. The van der Waals surface area contributed by atoms with Gasteiger partial charge in [-0.1, -0.05) is 32.0 Å². The molecule has 2 aromatic rings. The first kappa shape index (κ1) is 12.4. The van der Waals surface area contributed by atoms with Gasteiger partial charge in [-0.05, 0) is 23.6 Å². The zero-order valence-corrected chi connectivity index (χ0v) is 10.6. The Morgan fingerprint density at radius 2 is 2.00 bits per heavy atom. The minimum atomic E-state index is 0.412. The van der Waals surface area contributed by atoms with E-state index in [9.17, 15) is 0 Å². The number of hydrogen-bond donors (Lipinski definition) is 2. The number of nitrogen functional groups attached to an aromatic ring is 1.